The number of carbonyl (C=O) groups is 1. The van der Waals surface area contributed by atoms with E-state index in [1.807, 2.05) is 19.9 Å². The first-order valence-corrected chi connectivity index (χ1v) is 7.40. The lowest BCUT2D eigenvalue weighted by Gasteiger charge is -2.31. The summed E-state index contributed by atoms with van der Waals surface area (Å²) in [7, 11) is 0. The number of rotatable bonds is 7. The fourth-order valence-electron chi connectivity index (χ4n) is 2.37. The van der Waals surface area contributed by atoms with Gasteiger partial charge in [-0.15, -0.1) is 0 Å². The van der Waals surface area contributed by atoms with Gasteiger partial charge in [0.2, 0.25) is 0 Å². The van der Waals surface area contributed by atoms with Gasteiger partial charge in [0.05, 0.1) is 0 Å². The number of carboxylic acid groups (broad SMARTS) is 1. The van der Waals surface area contributed by atoms with E-state index < -0.39 is 5.97 Å². The normalized spacial score (nSPS) is 12.2. The predicted octanol–water partition coefficient (Wildman–Crippen LogP) is 3.80. The van der Waals surface area contributed by atoms with Crippen molar-refractivity contribution in [1.29, 1.82) is 0 Å². The van der Waals surface area contributed by atoms with Gasteiger partial charge in [-0.3, -0.25) is 0 Å². The Bertz CT molecular complexity index is 472. The Kier molecular flexibility index (Phi) is 5.99. The number of carboxylic acids is 1. The van der Waals surface area contributed by atoms with Crippen LogP contribution in [0, 0.1) is 13.8 Å². The van der Waals surface area contributed by atoms with Crippen LogP contribution in [-0.4, -0.2) is 28.6 Å². The predicted molar refractivity (Wildman–Crippen MR) is 82.7 cm³/mol. The highest BCUT2D eigenvalue weighted by Gasteiger charge is 2.23. The van der Waals surface area contributed by atoms with Crippen LogP contribution >= 0.6 is 0 Å². The number of hydrogen-bond acceptors (Lipinski definition) is 3. The van der Waals surface area contributed by atoms with E-state index >= 15 is 0 Å². The molecule has 1 unspecified atom stereocenters. The van der Waals surface area contributed by atoms with Gasteiger partial charge in [-0.1, -0.05) is 20.3 Å². The number of aromatic carboxylic acids is 1. The zero-order chi connectivity index (χ0) is 15.3. The molecule has 4 heteroatoms. The second-order valence-electron chi connectivity index (χ2n) is 5.39. The number of nitrogens with zero attached hydrogens (tertiary/aromatic N) is 2. The van der Waals surface area contributed by atoms with Crippen LogP contribution in [-0.2, 0) is 0 Å². The number of aromatic nitrogens is 1. The molecule has 0 spiro atoms. The summed E-state index contributed by atoms with van der Waals surface area (Å²) < 4.78 is 0. The number of pyridine rings is 1. The monoisotopic (exact) mass is 278 g/mol. The molecule has 0 fully saturated rings. The molecule has 1 rings (SSSR count). The molecular formula is C16H26N2O2. The molecule has 1 heterocycles. The molecule has 1 aromatic heterocycles. The molecule has 1 aromatic rings. The first kappa shape index (κ1) is 16.5. The van der Waals surface area contributed by atoms with Crippen LogP contribution in [0.15, 0.2) is 6.07 Å². The highest BCUT2D eigenvalue weighted by atomic mass is 16.4. The molecule has 4 nitrogen and oxygen atoms in total. The number of anilines is 1. The molecule has 1 atom stereocenters. The standard InChI is InChI=1S/C16H26N2O2/c1-6-8-9-18(13(5)7-2)15-14(16(19)20)11(3)10-12(4)17-15/h10,13H,6-9H2,1-5H3,(H,19,20). The third-order valence-corrected chi connectivity index (χ3v) is 3.69. The second kappa shape index (κ2) is 7.27. The molecule has 0 aliphatic rings. The Hall–Kier alpha value is -1.58. The van der Waals surface area contributed by atoms with Crippen LogP contribution in [0.25, 0.3) is 0 Å². The maximum atomic E-state index is 11.6. The topological polar surface area (TPSA) is 53.4 Å². The van der Waals surface area contributed by atoms with Crippen molar-refractivity contribution in [2.75, 3.05) is 11.4 Å². The third kappa shape index (κ3) is 3.71. The van der Waals surface area contributed by atoms with E-state index in [2.05, 4.69) is 30.7 Å². The zero-order valence-electron chi connectivity index (χ0n) is 13.2. The minimum absolute atomic E-state index is 0.286. The molecule has 1 N–H and O–H groups in total. The van der Waals surface area contributed by atoms with Crippen LogP contribution in [0.4, 0.5) is 5.82 Å². The average molecular weight is 278 g/mol. The molecule has 0 saturated heterocycles. The van der Waals surface area contributed by atoms with Crippen LogP contribution in [0.3, 0.4) is 0 Å². The SMILES string of the molecule is CCCCN(c1nc(C)cc(C)c1C(=O)O)C(C)CC. The Morgan fingerprint density at radius 2 is 2.05 bits per heavy atom. The van der Waals surface area contributed by atoms with E-state index in [0.717, 1.165) is 37.1 Å². The zero-order valence-corrected chi connectivity index (χ0v) is 13.2. The lowest BCUT2D eigenvalue weighted by Crippen LogP contribution is -2.36. The van der Waals surface area contributed by atoms with Crippen molar-refractivity contribution in [3.8, 4) is 0 Å². The Morgan fingerprint density at radius 1 is 1.40 bits per heavy atom. The summed E-state index contributed by atoms with van der Waals surface area (Å²) >= 11 is 0. The van der Waals surface area contributed by atoms with Crippen LogP contribution in [0.2, 0.25) is 0 Å². The van der Waals surface area contributed by atoms with Crippen molar-refractivity contribution in [2.24, 2.45) is 0 Å². The fourth-order valence-corrected chi connectivity index (χ4v) is 2.37. The van der Waals surface area contributed by atoms with E-state index in [1.165, 1.54) is 0 Å². The lowest BCUT2D eigenvalue weighted by atomic mass is 10.1. The summed E-state index contributed by atoms with van der Waals surface area (Å²) in [5.41, 5.74) is 1.99. The highest BCUT2D eigenvalue weighted by Crippen LogP contribution is 2.25. The Labute approximate surface area is 121 Å². The largest absolute Gasteiger partial charge is 0.478 e. The van der Waals surface area contributed by atoms with Gasteiger partial charge in [0.1, 0.15) is 11.4 Å². The van der Waals surface area contributed by atoms with Crippen molar-refractivity contribution < 1.29 is 9.90 Å². The second-order valence-corrected chi connectivity index (χ2v) is 5.39. The Morgan fingerprint density at radius 3 is 2.55 bits per heavy atom. The minimum atomic E-state index is -0.894. The van der Waals surface area contributed by atoms with Gasteiger partial charge in [-0.25, -0.2) is 9.78 Å². The van der Waals surface area contributed by atoms with Gasteiger partial charge in [0.15, 0.2) is 0 Å². The van der Waals surface area contributed by atoms with E-state index in [1.54, 1.807) is 0 Å². The summed E-state index contributed by atoms with van der Waals surface area (Å²) in [6, 6.07) is 2.12. The molecule has 0 saturated carbocycles. The van der Waals surface area contributed by atoms with Crippen molar-refractivity contribution in [3.05, 3.63) is 22.9 Å². The van der Waals surface area contributed by atoms with Gasteiger partial charge in [0, 0.05) is 18.3 Å². The molecule has 0 aromatic carbocycles. The van der Waals surface area contributed by atoms with Crippen molar-refractivity contribution in [1.82, 2.24) is 4.98 Å². The van der Waals surface area contributed by atoms with E-state index in [0.29, 0.717) is 11.4 Å². The van der Waals surface area contributed by atoms with Gasteiger partial charge < -0.3 is 10.0 Å². The molecule has 0 aliphatic carbocycles. The lowest BCUT2D eigenvalue weighted by molar-refractivity contribution is 0.0696. The van der Waals surface area contributed by atoms with Crippen molar-refractivity contribution in [3.63, 3.8) is 0 Å². The number of aryl methyl sites for hydroxylation is 2. The molecule has 0 aliphatic heterocycles. The first-order chi connectivity index (χ1) is 9.42. The smallest absolute Gasteiger partial charge is 0.339 e. The number of unbranched alkanes of at least 4 members (excludes halogenated alkanes) is 1. The van der Waals surface area contributed by atoms with Crippen molar-refractivity contribution >= 4 is 11.8 Å². The van der Waals surface area contributed by atoms with Gasteiger partial charge >= 0.3 is 5.97 Å². The van der Waals surface area contributed by atoms with Crippen LogP contribution in [0.5, 0.6) is 0 Å². The minimum Gasteiger partial charge on any atom is -0.478 e. The van der Waals surface area contributed by atoms with Crippen LogP contribution in [0.1, 0.15) is 61.6 Å². The summed E-state index contributed by atoms with van der Waals surface area (Å²) in [5.74, 6) is -0.271. The van der Waals surface area contributed by atoms with E-state index in [-0.39, 0.29) is 6.04 Å². The molecule has 0 radical (unpaired) electrons. The number of hydrogen-bond donors (Lipinski definition) is 1. The molecular weight excluding hydrogens is 252 g/mol. The first-order valence-electron chi connectivity index (χ1n) is 7.40. The average Bonchev–Trinajstić information content (AvgIpc) is 2.37. The van der Waals surface area contributed by atoms with Gasteiger partial charge in [-0.2, -0.15) is 0 Å². The molecule has 0 bridgehead atoms. The maximum Gasteiger partial charge on any atom is 0.339 e. The maximum absolute atomic E-state index is 11.6. The van der Waals surface area contributed by atoms with E-state index in [9.17, 15) is 9.90 Å². The summed E-state index contributed by atoms with van der Waals surface area (Å²) in [6.45, 7) is 11.0. The van der Waals surface area contributed by atoms with E-state index in [4.69, 9.17) is 0 Å². The van der Waals surface area contributed by atoms with Crippen LogP contribution < -0.4 is 4.90 Å². The fraction of sp³-hybridized carbons (Fsp3) is 0.625. The highest BCUT2D eigenvalue weighted by molar-refractivity contribution is 5.95. The Balaban J connectivity index is 3.33. The molecule has 20 heavy (non-hydrogen) atoms. The third-order valence-electron chi connectivity index (χ3n) is 3.69. The quantitative estimate of drug-likeness (QED) is 0.824. The van der Waals surface area contributed by atoms with Gasteiger partial charge in [0.25, 0.3) is 0 Å². The van der Waals surface area contributed by atoms with Gasteiger partial charge in [-0.05, 0) is 45.2 Å². The summed E-state index contributed by atoms with van der Waals surface area (Å²) in [5, 5.41) is 9.50. The molecule has 112 valence electrons. The summed E-state index contributed by atoms with van der Waals surface area (Å²) in [6.07, 6.45) is 3.09. The summed E-state index contributed by atoms with van der Waals surface area (Å²) in [4.78, 5) is 18.2. The van der Waals surface area contributed by atoms with Crippen molar-refractivity contribution in [2.45, 2.75) is 59.9 Å². The molecule has 0 amide bonds.